The summed E-state index contributed by atoms with van der Waals surface area (Å²) in [5, 5.41) is 2.32. The Labute approximate surface area is 241 Å². The Balaban J connectivity index is 1.06. The molecule has 1 N–H and O–H groups in total. The van der Waals surface area contributed by atoms with Gasteiger partial charge >= 0.3 is 6.18 Å². The number of nitrogens with zero attached hydrogens (tertiary/aromatic N) is 3. The monoisotopic (exact) mass is 578 g/mol. The van der Waals surface area contributed by atoms with Crippen molar-refractivity contribution in [2.24, 2.45) is 0 Å². The van der Waals surface area contributed by atoms with E-state index in [4.69, 9.17) is 4.74 Å². The normalized spacial score (nSPS) is 19.4. The maximum Gasteiger partial charge on any atom is 0.416 e. The smallest absolute Gasteiger partial charge is 0.416 e. The molecule has 2 saturated heterocycles. The van der Waals surface area contributed by atoms with E-state index in [9.17, 15) is 27.6 Å². The first kappa shape index (κ1) is 29.2. The minimum absolute atomic E-state index is 0.0982. The van der Waals surface area contributed by atoms with E-state index >= 15 is 0 Å². The molecule has 2 aromatic carbocycles. The Morgan fingerprint density at radius 1 is 0.905 bits per heavy atom. The highest BCUT2D eigenvalue weighted by atomic mass is 19.4. The number of rotatable bonds is 5. The summed E-state index contributed by atoms with van der Waals surface area (Å²) in [7, 11) is 0. The number of amides is 3. The van der Waals surface area contributed by atoms with Crippen molar-refractivity contribution in [2.75, 3.05) is 45.9 Å². The Kier molecular flexibility index (Phi) is 8.81. The van der Waals surface area contributed by atoms with Gasteiger partial charge in [0.05, 0.1) is 18.7 Å². The second-order valence-electron chi connectivity index (χ2n) is 10.3. The summed E-state index contributed by atoms with van der Waals surface area (Å²) in [6.07, 6.45) is -3.84. The zero-order chi connectivity index (χ0) is 29.7. The number of fused-ring (bicyclic) bond motifs is 1. The van der Waals surface area contributed by atoms with Gasteiger partial charge in [-0.15, -0.1) is 0 Å². The van der Waals surface area contributed by atoms with E-state index < -0.39 is 23.7 Å². The van der Waals surface area contributed by atoms with E-state index in [0.717, 1.165) is 49.4 Å². The molecular formula is C31H29F3N4O4. The number of nitrogens with one attached hydrogen (secondary N) is 1. The molecule has 218 valence electrons. The molecule has 2 aromatic rings. The molecule has 3 aliphatic rings. The van der Waals surface area contributed by atoms with Crippen molar-refractivity contribution in [2.45, 2.75) is 31.6 Å². The average molecular weight is 579 g/mol. The fraction of sp³-hybridized carbons (Fsp3) is 0.387. The molecule has 11 heteroatoms. The maximum absolute atomic E-state index is 13.0. The molecule has 0 saturated carbocycles. The number of hydrogen-bond acceptors (Lipinski definition) is 6. The summed E-state index contributed by atoms with van der Waals surface area (Å²) in [5.74, 6) is 11.8. The quantitative estimate of drug-likeness (QED) is 0.434. The SMILES string of the molecule is O=C1CCC(N2Cc3c(C#CCN4CCN(CC#CCOc5ccc(C(F)(F)F)cc5)CC4)cccc3C2=O)C(=O)N1. The first-order valence-corrected chi connectivity index (χ1v) is 13.6. The van der Waals surface area contributed by atoms with Crippen LogP contribution in [0.1, 0.15) is 39.9 Å². The van der Waals surface area contributed by atoms with Gasteiger partial charge in [0.25, 0.3) is 5.91 Å². The number of carbonyl (C=O) groups is 3. The molecule has 1 unspecified atom stereocenters. The zero-order valence-corrected chi connectivity index (χ0v) is 22.8. The van der Waals surface area contributed by atoms with Crippen molar-refractivity contribution in [3.63, 3.8) is 0 Å². The number of alkyl halides is 3. The van der Waals surface area contributed by atoms with Gasteiger partial charge in [-0.1, -0.05) is 29.7 Å². The number of imide groups is 1. The lowest BCUT2D eigenvalue weighted by Crippen LogP contribution is -2.52. The molecular weight excluding hydrogens is 549 g/mol. The maximum atomic E-state index is 13.0. The van der Waals surface area contributed by atoms with Crippen LogP contribution in [-0.2, 0) is 22.3 Å². The second-order valence-corrected chi connectivity index (χ2v) is 10.3. The predicted molar refractivity (Wildman–Crippen MR) is 147 cm³/mol. The Morgan fingerprint density at radius 2 is 1.60 bits per heavy atom. The molecule has 0 bridgehead atoms. The number of ether oxygens (including phenoxy) is 1. The van der Waals surface area contributed by atoms with Crippen LogP contribution in [0.25, 0.3) is 0 Å². The third-order valence-corrected chi connectivity index (χ3v) is 7.49. The number of piperazine rings is 1. The first-order valence-electron chi connectivity index (χ1n) is 13.6. The molecule has 3 aliphatic heterocycles. The van der Waals surface area contributed by atoms with Crippen LogP contribution < -0.4 is 10.1 Å². The topological polar surface area (TPSA) is 82.2 Å². The lowest BCUT2D eigenvalue weighted by atomic mass is 10.0. The van der Waals surface area contributed by atoms with E-state index in [2.05, 4.69) is 38.8 Å². The number of hydrogen-bond donors (Lipinski definition) is 1. The van der Waals surface area contributed by atoms with Gasteiger partial charge in [-0.25, -0.2) is 0 Å². The van der Waals surface area contributed by atoms with Gasteiger partial charge in [-0.3, -0.25) is 29.5 Å². The van der Waals surface area contributed by atoms with Crippen molar-refractivity contribution >= 4 is 17.7 Å². The van der Waals surface area contributed by atoms with Crippen molar-refractivity contribution in [1.82, 2.24) is 20.0 Å². The van der Waals surface area contributed by atoms with Gasteiger partial charge in [-0.2, -0.15) is 13.2 Å². The summed E-state index contributed by atoms with van der Waals surface area (Å²) in [6.45, 7) is 4.85. The van der Waals surface area contributed by atoms with Crippen LogP contribution in [-0.4, -0.2) is 84.3 Å². The lowest BCUT2D eigenvalue weighted by molar-refractivity contribution is -0.138. The summed E-state index contributed by atoms with van der Waals surface area (Å²) in [4.78, 5) is 42.8. The molecule has 2 fully saturated rings. The fourth-order valence-corrected chi connectivity index (χ4v) is 5.13. The van der Waals surface area contributed by atoms with Gasteiger partial charge in [-0.05, 0) is 48.4 Å². The molecule has 0 radical (unpaired) electrons. The van der Waals surface area contributed by atoms with Gasteiger partial charge < -0.3 is 9.64 Å². The number of halogens is 3. The molecule has 42 heavy (non-hydrogen) atoms. The van der Waals surface area contributed by atoms with E-state index in [0.29, 0.717) is 37.4 Å². The Bertz CT molecular complexity index is 1480. The minimum Gasteiger partial charge on any atom is -0.481 e. The summed E-state index contributed by atoms with van der Waals surface area (Å²) in [6, 6.07) is 9.30. The van der Waals surface area contributed by atoms with Crippen LogP contribution in [0.15, 0.2) is 42.5 Å². The third kappa shape index (κ3) is 6.93. The molecule has 0 aliphatic carbocycles. The number of benzene rings is 2. The highest BCUT2D eigenvalue weighted by Crippen LogP contribution is 2.31. The van der Waals surface area contributed by atoms with Gasteiger partial charge in [0.15, 0.2) is 0 Å². The standard InChI is InChI=1S/C31H29F3N4O4/c32-31(33,34)23-8-10-24(11-9-23)42-20-2-1-14-36-16-18-37(19-17-36)15-4-6-22-5-3-7-25-26(22)21-38(30(25)41)27-12-13-28(39)35-29(27)40/h3,5,7-11,27H,12-21H2,(H,35,39,40). The van der Waals surface area contributed by atoms with Gasteiger partial charge in [0, 0.05) is 50.3 Å². The molecule has 3 heterocycles. The molecule has 1 atom stereocenters. The van der Waals surface area contributed by atoms with E-state index in [1.54, 1.807) is 12.1 Å². The molecule has 0 aromatic heterocycles. The van der Waals surface area contributed by atoms with Crippen molar-refractivity contribution in [3.8, 4) is 29.4 Å². The lowest BCUT2D eigenvalue weighted by Gasteiger charge is -2.32. The first-order chi connectivity index (χ1) is 20.2. The predicted octanol–water partition coefficient (Wildman–Crippen LogP) is 2.52. The molecule has 3 amide bonds. The van der Waals surface area contributed by atoms with Crippen LogP contribution in [0.5, 0.6) is 5.75 Å². The largest absolute Gasteiger partial charge is 0.481 e. The van der Waals surface area contributed by atoms with Crippen LogP contribution in [0.2, 0.25) is 0 Å². The van der Waals surface area contributed by atoms with Gasteiger partial charge in [0.1, 0.15) is 18.4 Å². The van der Waals surface area contributed by atoms with Gasteiger partial charge in [0.2, 0.25) is 11.8 Å². The fourth-order valence-electron chi connectivity index (χ4n) is 5.13. The van der Waals surface area contributed by atoms with E-state index in [-0.39, 0.29) is 24.8 Å². The summed E-state index contributed by atoms with van der Waals surface area (Å²) >= 11 is 0. The van der Waals surface area contributed by atoms with Crippen molar-refractivity contribution in [1.29, 1.82) is 0 Å². The average Bonchev–Trinajstić information content (AvgIpc) is 3.30. The summed E-state index contributed by atoms with van der Waals surface area (Å²) in [5.41, 5.74) is 1.41. The third-order valence-electron chi connectivity index (χ3n) is 7.49. The Morgan fingerprint density at radius 3 is 2.26 bits per heavy atom. The van der Waals surface area contributed by atoms with Crippen molar-refractivity contribution < 1.29 is 32.3 Å². The number of carbonyl (C=O) groups excluding carboxylic acids is 3. The second kappa shape index (κ2) is 12.7. The van der Waals surface area contributed by atoms with Crippen LogP contribution in [0.3, 0.4) is 0 Å². The summed E-state index contributed by atoms with van der Waals surface area (Å²) < 4.78 is 43.3. The minimum atomic E-state index is -4.37. The zero-order valence-electron chi connectivity index (χ0n) is 22.8. The van der Waals surface area contributed by atoms with E-state index in [1.807, 2.05) is 6.07 Å². The molecule has 8 nitrogen and oxygen atoms in total. The molecule has 5 rings (SSSR count). The van der Waals surface area contributed by atoms with Crippen molar-refractivity contribution in [3.05, 3.63) is 64.7 Å². The highest BCUT2D eigenvalue weighted by Gasteiger charge is 2.39. The Hall–Kier alpha value is -4.32. The molecule has 0 spiro atoms. The van der Waals surface area contributed by atoms with Crippen LogP contribution >= 0.6 is 0 Å². The van der Waals surface area contributed by atoms with Crippen LogP contribution in [0.4, 0.5) is 13.2 Å². The number of piperidine rings is 1. The van der Waals surface area contributed by atoms with E-state index in [1.165, 1.54) is 17.0 Å². The van der Waals surface area contributed by atoms with Crippen LogP contribution in [0, 0.1) is 23.7 Å². The highest BCUT2D eigenvalue weighted by molar-refractivity contribution is 6.05.